The zero-order chi connectivity index (χ0) is 32.9. The van der Waals surface area contributed by atoms with Crippen LogP contribution in [0.2, 0.25) is 0 Å². The van der Waals surface area contributed by atoms with Crippen LogP contribution in [0.5, 0.6) is 5.75 Å². The van der Waals surface area contributed by atoms with Gasteiger partial charge in [-0.2, -0.15) is 10.1 Å². The molecule has 1 aromatic carbocycles. The molecule has 5 atom stereocenters. The molecule has 1 saturated heterocycles. The Kier molecular flexibility index (Phi) is 11.0. The molecule has 14 nitrogen and oxygen atoms in total. The number of carbonyl (C=O) groups excluding carboxylic acids is 1. The summed E-state index contributed by atoms with van der Waals surface area (Å²) in [5.74, 6) is -0.322. The predicted octanol–water partition coefficient (Wildman–Crippen LogP) is 5.15. The van der Waals surface area contributed by atoms with Gasteiger partial charge in [-0.3, -0.25) is 23.7 Å². The van der Waals surface area contributed by atoms with E-state index in [1.807, 2.05) is 13.8 Å². The summed E-state index contributed by atoms with van der Waals surface area (Å²) in [7, 11) is -4.16. The van der Waals surface area contributed by atoms with E-state index < -0.39 is 30.7 Å². The van der Waals surface area contributed by atoms with Crippen molar-refractivity contribution in [3.05, 3.63) is 51.0 Å². The number of fused-ring (bicyclic) bond motifs is 1. The highest BCUT2D eigenvalue weighted by Crippen LogP contribution is 2.57. The van der Waals surface area contributed by atoms with Gasteiger partial charge in [-0.05, 0) is 75.8 Å². The number of H-pyrrole nitrogens is 1. The molecule has 4 N–H and O–H groups in total. The SMILES string of the molecule is CCC[C@H](C)OC(=O)C(C)N[P@](=O)(OC[C@@]1(COC2CCCCO2)C/C1=C/n1cnc2c(=O)[nH]c(N)nc21)Oc1ccc(Br)cc1. The van der Waals surface area contributed by atoms with Crippen LogP contribution >= 0.6 is 23.7 Å². The van der Waals surface area contributed by atoms with Crippen LogP contribution in [0.3, 0.4) is 0 Å². The maximum atomic E-state index is 14.3. The molecular formula is C30H40BrN6O8P. The third kappa shape index (κ3) is 8.64. The predicted molar refractivity (Wildman–Crippen MR) is 175 cm³/mol. The van der Waals surface area contributed by atoms with Crippen molar-refractivity contribution in [2.75, 3.05) is 25.6 Å². The van der Waals surface area contributed by atoms with Crippen molar-refractivity contribution in [3.8, 4) is 5.75 Å². The Labute approximate surface area is 275 Å². The van der Waals surface area contributed by atoms with Gasteiger partial charge in [-0.15, -0.1) is 0 Å². The molecule has 2 aliphatic rings. The molecule has 16 heteroatoms. The van der Waals surface area contributed by atoms with Crippen LogP contribution in [-0.2, 0) is 28.1 Å². The van der Waals surface area contributed by atoms with Gasteiger partial charge in [0.2, 0.25) is 5.95 Å². The maximum Gasteiger partial charge on any atom is 0.459 e. The van der Waals surface area contributed by atoms with Gasteiger partial charge >= 0.3 is 13.7 Å². The van der Waals surface area contributed by atoms with Gasteiger partial charge in [0.05, 0.1) is 19.3 Å². The number of halogens is 1. The van der Waals surface area contributed by atoms with Gasteiger partial charge in [0.1, 0.15) is 18.1 Å². The van der Waals surface area contributed by atoms with Crippen molar-refractivity contribution in [2.24, 2.45) is 5.41 Å². The number of aromatic amines is 1. The number of hydrogen-bond donors (Lipinski definition) is 3. The molecule has 3 heterocycles. The van der Waals surface area contributed by atoms with Crippen LogP contribution in [0.25, 0.3) is 17.4 Å². The standard InChI is InChI=1S/C30H40BrN6O8P/c1-4-7-19(2)44-28(39)20(3)36-46(40,45-23-11-9-22(31)10-12-23)43-17-30(16-42-24-8-5-6-13-41-24)14-21(30)15-37-18-33-25-26(37)34-29(32)35-27(25)38/h9-12,15,18-20,24H,4-8,13-14,16-17H2,1-3H3,(H,36,40)(H3,32,34,35,38)/b21-15-/t19-,20?,24?,30-,46-/m0/s1. The van der Waals surface area contributed by atoms with Crippen molar-refractivity contribution in [1.29, 1.82) is 0 Å². The van der Waals surface area contributed by atoms with Crippen LogP contribution < -0.4 is 20.9 Å². The second kappa shape index (κ2) is 14.8. The lowest BCUT2D eigenvalue weighted by Crippen LogP contribution is -2.37. The van der Waals surface area contributed by atoms with Crippen molar-refractivity contribution in [2.45, 2.75) is 77.7 Å². The zero-order valence-corrected chi connectivity index (χ0v) is 28.6. The van der Waals surface area contributed by atoms with Gasteiger partial charge in [-0.25, -0.2) is 9.55 Å². The lowest BCUT2D eigenvalue weighted by Gasteiger charge is -2.27. The first-order valence-corrected chi connectivity index (χ1v) is 17.7. The number of hydrogen-bond acceptors (Lipinski definition) is 11. The van der Waals surface area contributed by atoms with Gasteiger partial charge in [0.15, 0.2) is 17.5 Å². The Morgan fingerprint density at radius 3 is 2.80 bits per heavy atom. The van der Waals surface area contributed by atoms with Crippen LogP contribution in [-0.4, -0.2) is 63.7 Å². The number of benzene rings is 1. The van der Waals surface area contributed by atoms with Crippen molar-refractivity contribution in [1.82, 2.24) is 24.6 Å². The third-order valence-electron chi connectivity index (χ3n) is 7.78. The number of carbonyl (C=O) groups is 1. The van der Waals surface area contributed by atoms with Crippen LogP contribution in [0.4, 0.5) is 5.95 Å². The number of aromatic nitrogens is 4. The van der Waals surface area contributed by atoms with Crippen LogP contribution in [0.15, 0.2) is 45.4 Å². The fraction of sp³-hybridized carbons (Fsp3) is 0.533. The summed E-state index contributed by atoms with van der Waals surface area (Å²) < 4.78 is 46.2. The largest absolute Gasteiger partial charge is 0.462 e. The van der Waals surface area contributed by atoms with Crippen molar-refractivity contribution in [3.63, 3.8) is 0 Å². The minimum atomic E-state index is -4.16. The van der Waals surface area contributed by atoms with Crippen molar-refractivity contribution >= 4 is 53.0 Å². The van der Waals surface area contributed by atoms with E-state index in [1.54, 1.807) is 42.0 Å². The third-order valence-corrected chi connectivity index (χ3v) is 9.93. The molecule has 2 aromatic heterocycles. The Hall–Kier alpha value is -3.07. The van der Waals surface area contributed by atoms with E-state index in [0.29, 0.717) is 25.1 Å². The molecule has 0 amide bonds. The molecule has 2 fully saturated rings. The second-order valence-corrected chi connectivity index (χ2v) is 14.3. The quantitative estimate of drug-likeness (QED) is 0.139. The fourth-order valence-electron chi connectivity index (χ4n) is 5.12. The number of nitrogens with two attached hydrogens (primary N) is 1. The minimum Gasteiger partial charge on any atom is -0.462 e. The molecule has 1 saturated carbocycles. The number of nitrogen functional groups attached to an aromatic ring is 1. The topological polar surface area (TPSA) is 182 Å². The van der Waals surface area contributed by atoms with Gasteiger partial charge in [0.25, 0.3) is 5.56 Å². The Bertz CT molecular complexity index is 1660. The van der Waals surface area contributed by atoms with E-state index in [4.69, 9.17) is 29.0 Å². The number of rotatable bonds is 15. The smallest absolute Gasteiger partial charge is 0.459 e. The number of imidazole rings is 1. The molecule has 0 spiro atoms. The van der Waals surface area contributed by atoms with E-state index in [9.17, 15) is 14.2 Å². The molecule has 46 heavy (non-hydrogen) atoms. The summed E-state index contributed by atoms with van der Waals surface area (Å²) >= 11 is 3.39. The normalized spacial score (nSPS) is 23.1. The summed E-state index contributed by atoms with van der Waals surface area (Å²) in [5.41, 5.74) is 5.93. The van der Waals surface area contributed by atoms with E-state index in [2.05, 4.69) is 36.0 Å². The van der Waals surface area contributed by atoms with Crippen LogP contribution in [0, 0.1) is 5.41 Å². The first-order chi connectivity index (χ1) is 22.0. The average Bonchev–Trinajstić information content (AvgIpc) is 3.55. The highest BCUT2D eigenvalue weighted by molar-refractivity contribution is 9.10. The first-order valence-electron chi connectivity index (χ1n) is 15.3. The van der Waals surface area contributed by atoms with E-state index >= 15 is 0 Å². The molecule has 250 valence electrons. The summed E-state index contributed by atoms with van der Waals surface area (Å²) in [6, 6.07) is 5.77. The molecule has 0 bridgehead atoms. The zero-order valence-electron chi connectivity index (χ0n) is 26.1. The minimum absolute atomic E-state index is 0.0327. The lowest BCUT2D eigenvalue weighted by atomic mass is 10.1. The molecule has 5 rings (SSSR count). The highest BCUT2D eigenvalue weighted by Gasteiger charge is 2.52. The molecular weight excluding hydrogens is 683 g/mol. The summed E-state index contributed by atoms with van der Waals surface area (Å²) in [5, 5.41) is 2.77. The monoisotopic (exact) mass is 722 g/mol. The number of esters is 1. The maximum absolute atomic E-state index is 14.3. The number of anilines is 1. The Balaban J connectivity index is 1.39. The summed E-state index contributed by atoms with van der Waals surface area (Å²) in [4.78, 5) is 36.0. The lowest BCUT2D eigenvalue weighted by molar-refractivity contribution is -0.171. The van der Waals surface area contributed by atoms with E-state index in [0.717, 1.165) is 35.7 Å². The van der Waals surface area contributed by atoms with E-state index in [1.165, 1.54) is 6.33 Å². The second-order valence-electron chi connectivity index (χ2n) is 11.7. The van der Waals surface area contributed by atoms with Crippen LogP contribution in [0.1, 0.15) is 59.3 Å². The number of ether oxygens (including phenoxy) is 3. The molecule has 1 aliphatic carbocycles. The molecule has 1 aliphatic heterocycles. The average molecular weight is 724 g/mol. The summed E-state index contributed by atoms with van der Waals surface area (Å²) in [6.45, 7) is 6.10. The molecule has 3 aromatic rings. The van der Waals surface area contributed by atoms with Gasteiger partial charge < -0.3 is 24.5 Å². The first kappa shape index (κ1) is 34.3. The highest BCUT2D eigenvalue weighted by atomic mass is 79.9. The van der Waals surface area contributed by atoms with Gasteiger partial charge in [0, 0.05) is 22.7 Å². The Morgan fingerprint density at radius 1 is 1.30 bits per heavy atom. The summed E-state index contributed by atoms with van der Waals surface area (Å²) in [6.07, 6.45) is 7.40. The van der Waals surface area contributed by atoms with Crippen molar-refractivity contribution < 1.29 is 32.6 Å². The molecule has 0 radical (unpaired) electrons. The number of nitrogens with one attached hydrogen (secondary N) is 2. The van der Waals surface area contributed by atoms with Gasteiger partial charge in [-0.1, -0.05) is 29.3 Å². The van der Waals surface area contributed by atoms with E-state index in [-0.39, 0.29) is 42.8 Å². The number of nitrogens with zero attached hydrogens (tertiary/aromatic N) is 3. The molecule has 2 unspecified atom stereocenters. The Morgan fingerprint density at radius 2 is 2.09 bits per heavy atom. The fourth-order valence-corrected chi connectivity index (χ4v) is 6.96.